The number of nitrogens with zero attached hydrogens (tertiary/aromatic N) is 2. The maximum absolute atomic E-state index is 13.0. The molecule has 0 spiro atoms. The number of aromatic nitrogens is 1. The highest BCUT2D eigenvalue weighted by atomic mass is 32.2. The summed E-state index contributed by atoms with van der Waals surface area (Å²) in [5, 5.41) is 9.49. The first-order valence-electron chi connectivity index (χ1n) is 9.36. The number of hydrogen-bond acceptors (Lipinski definition) is 7. The lowest BCUT2D eigenvalue weighted by molar-refractivity contribution is -0.0497. The molecule has 0 atom stereocenters. The van der Waals surface area contributed by atoms with Gasteiger partial charge in [-0.05, 0) is 36.6 Å². The van der Waals surface area contributed by atoms with E-state index >= 15 is 0 Å². The van der Waals surface area contributed by atoms with Crippen LogP contribution < -0.4 is 10.2 Å². The molecule has 10 heteroatoms. The summed E-state index contributed by atoms with van der Waals surface area (Å²) < 4.78 is 60.1. The minimum absolute atomic E-state index is 0.00447. The third-order valence-corrected chi connectivity index (χ3v) is 7.05. The van der Waals surface area contributed by atoms with Crippen LogP contribution in [-0.2, 0) is 15.3 Å². The molecular formula is C21H16F2N2O5S. The normalized spacial score (nSPS) is 15.1. The Morgan fingerprint density at radius 1 is 1.32 bits per heavy atom. The molecule has 0 amide bonds. The average Bonchev–Trinajstić information content (AvgIpc) is 3.54. The third kappa shape index (κ3) is 3.65. The quantitative estimate of drug-likeness (QED) is 0.566. The van der Waals surface area contributed by atoms with Gasteiger partial charge in [0, 0.05) is 12.3 Å². The van der Waals surface area contributed by atoms with Gasteiger partial charge in [-0.3, -0.25) is 9.78 Å². The van der Waals surface area contributed by atoms with Crippen LogP contribution in [0, 0.1) is 11.3 Å². The molecule has 0 unspecified atom stereocenters. The summed E-state index contributed by atoms with van der Waals surface area (Å²) in [4.78, 5) is 17.1. The lowest BCUT2D eigenvalue weighted by Gasteiger charge is -2.13. The Kier molecular flexibility index (Phi) is 5.01. The second kappa shape index (κ2) is 7.42. The van der Waals surface area contributed by atoms with Crippen molar-refractivity contribution in [2.45, 2.75) is 36.7 Å². The van der Waals surface area contributed by atoms with Gasteiger partial charge in [-0.25, -0.2) is 8.42 Å². The molecule has 160 valence electrons. The van der Waals surface area contributed by atoms with E-state index in [1.54, 1.807) is 0 Å². The van der Waals surface area contributed by atoms with E-state index in [1.165, 1.54) is 31.3 Å². The molecule has 1 fully saturated rings. The highest BCUT2D eigenvalue weighted by Gasteiger charge is 2.46. The molecule has 1 aromatic carbocycles. The van der Waals surface area contributed by atoms with Crippen molar-refractivity contribution in [2.24, 2.45) is 0 Å². The standard InChI is InChI=1S/C21H16F2N2O5S/c1-2-31(27,28)17-7-12(21(11-24)5-6-21)9-25-18(17)15-10-29-16-8-13(30-20(22)23)3-4-14(16)19(15)26/h3-4,7-10,20H,2,5-6H2,1H3. The van der Waals surface area contributed by atoms with E-state index in [0.29, 0.717) is 18.4 Å². The molecule has 0 N–H and O–H groups in total. The van der Waals surface area contributed by atoms with Crippen LogP contribution in [0.4, 0.5) is 8.78 Å². The summed E-state index contributed by atoms with van der Waals surface area (Å²) in [6.07, 6.45) is 3.67. The Hall–Kier alpha value is -3.32. The Bertz CT molecular complexity index is 1390. The molecule has 2 aromatic heterocycles. The average molecular weight is 446 g/mol. The Morgan fingerprint density at radius 3 is 2.68 bits per heavy atom. The molecule has 0 bridgehead atoms. The third-order valence-electron chi connectivity index (χ3n) is 5.31. The van der Waals surface area contributed by atoms with Crippen LogP contribution in [0.15, 0.2) is 50.8 Å². The summed E-state index contributed by atoms with van der Waals surface area (Å²) in [6, 6.07) is 7.21. The van der Waals surface area contributed by atoms with Crippen LogP contribution in [0.2, 0.25) is 0 Å². The minimum Gasteiger partial charge on any atom is -0.463 e. The first kappa shape index (κ1) is 20.9. The molecule has 1 saturated carbocycles. The molecule has 7 nitrogen and oxygen atoms in total. The fourth-order valence-electron chi connectivity index (χ4n) is 3.34. The van der Waals surface area contributed by atoms with E-state index in [-0.39, 0.29) is 38.6 Å². The van der Waals surface area contributed by atoms with Gasteiger partial charge in [0.05, 0.1) is 38.8 Å². The molecule has 0 aliphatic heterocycles. The van der Waals surface area contributed by atoms with E-state index in [2.05, 4.69) is 15.8 Å². The van der Waals surface area contributed by atoms with Gasteiger partial charge in [-0.15, -0.1) is 0 Å². The van der Waals surface area contributed by atoms with E-state index in [1.807, 2.05) is 0 Å². The van der Waals surface area contributed by atoms with Gasteiger partial charge in [0.2, 0.25) is 5.43 Å². The van der Waals surface area contributed by atoms with Crippen LogP contribution in [0.1, 0.15) is 25.3 Å². The van der Waals surface area contributed by atoms with Crippen LogP contribution in [-0.4, -0.2) is 25.8 Å². The van der Waals surface area contributed by atoms with Gasteiger partial charge in [0.1, 0.15) is 17.6 Å². The number of nitriles is 1. The van der Waals surface area contributed by atoms with Gasteiger partial charge in [-0.2, -0.15) is 14.0 Å². The molecule has 0 radical (unpaired) electrons. The Balaban J connectivity index is 1.90. The van der Waals surface area contributed by atoms with Crippen LogP contribution in [0.5, 0.6) is 5.75 Å². The van der Waals surface area contributed by atoms with E-state index < -0.39 is 27.3 Å². The lowest BCUT2D eigenvalue weighted by Crippen LogP contribution is -2.14. The van der Waals surface area contributed by atoms with Gasteiger partial charge in [0.15, 0.2) is 9.84 Å². The maximum Gasteiger partial charge on any atom is 0.387 e. The van der Waals surface area contributed by atoms with Gasteiger partial charge < -0.3 is 9.15 Å². The molecule has 2 heterocycles. The second-order valence-electron chi connectivity index (χ2n) is 7.18. The zero-order valence-electron chi connectivity index (χ0n) is 16.3. The summed E-state index contributed by atoms with van der Waals surface area (Å²) in [5.41, 5.74) is -0.995. The van der Waals surface area contributed by atoms with Crippen LogP contribution in [0.25, 0.3) is 22.2 Å². The summed E-state index contributed by atoms with van der Waals surface area (Å²) in [6.45, 7) is -1.56. The predicted octanol–water partition coefficient (Wildman–Crippen LogP) is 3.81. The fourth-order valence-corrected chi connectivity index (χ4v) is 4.41. The molecule has 31 heavy (non-hydrogen) atoms. The largest absolute Gasteiger partial charge is 0.463 e. The SMILES string of the molecule is CCS(=O)(=O)c1cc(C2(C#N)CC2)cnc1-c1coc2cc(OC(F)F)ccc2c1=O. The molecule has 3 aromatic rings. The van der Waals surface area contributed by atoms with Crippen LogP contribution in [0.3, 0.4) is 0 Å². The summed E-state index contributed by atoms with van der Waals surface area (Å²) >= 11 is 0. The molecule has 1 aliphatic carbocycles. The van der Waals surface area contributed by atoms with Crippen molar-refractivity contribution >= 4 is 20.8 Å². The van der Waals surface area contributed by atoms with E-state index in [4.69, 9.17) is 4.42 Å². The van der Waals surface area contributed by atoms with Crippen molar-refractivity contribution in [3.8, 4) is 23.1 Å². The van der Waals surface area contributed by atoms with Crippen molar-refractivity contribution in [3.05, 3.63) is 52.5 Å². The summed E-state index contributed by atoms with van der Waals surface area (Å²) in [7, 11) is -3.79. The first-order chi connectivity index (χ1) is 14.7. The smallest absolute Gasteiger partial charge is 0.387 e. The number of sulfone groups is 1. The Morgan fingerprint density at radius 2 is 2.06 bits per heavy atom. The molecule has 4 rings (SSSR count). The first-order valence-corrected chi connectivity index (χ1v) is 11.0. The second-order valence-corrected chi connectivity index (χ2v) is 9.43. The van der Waals surface area contributed by atoms with Crippen molar-refractivity contribution in [1.29, 1.82) is 5.26 Å². The van der Waals surface area contributed by atoms with Crippen LogP contribution >= 0.6 is 0 Å². The number of rotatable bonds is 6. The van der Waals surface area contributed by atoms with Gasteiger partial charge in [-0.1, -0.05) is 6.92 Å². The topological polar surface area (TPSA) is 110 Å². The van der Waals surface area contributed by atoms with E-state index in [9.17, 15) is 27.3 Å². The maximum atomic E-state index is 13.0. The number of halogens is 2. The van der Waals surface area contributed by atoms with Gasteiger partial charge >= 0.3 is 6.61 Å². The number of fused-ring (bicyclic) bond motifs is 1. The molecule has 1 aliphatic rings. The zero-order chi connectivity index (χ0) is 22.4. The number of alkyl halides is 2. The minimum atomic E-state index is -3.79. The highest BCUT2D eigenvalue weighted by molar-refractivity contribution is 7.91. The monoisotopic (exact) mass is 446 g/mol. The van der Waals surface area contributed by atoms with Crippen molar-refractivity contribution in [2.75, 3.05) is 5.75 Å². The van der Waals surface area contributed by atoms with Crippen molar-refractivity contribution in [1.82, 2.24) is 4.98 Å². The van der Waals surface area contributed by atoms with Gasteiger partial charge in [0.25, 0.3) is 0 Å². The highest BCUT2D eigenvalue weighted by Crippen LogP contribution is 2.48. The van der Waals surface area contributed by atoms with E-state index in [0.717, 1.165) is 12.3 Å². The predicted molar refractivity (Wildman–Crippen MR) is 107 cm³/mol. The molecular weight excluding hydrogens is 430 g/mol. The molecule has 0 saturated heterocycles. The summed E-state index contributed by atoms with van der Waals surface area (Å²) in [5.74, 6) is -0.404. The lowest BCUT2D eigenvalue weighted by atomic mass is 9.99. The number of pyridine rings is 1. The zero-order valence-corrected chi connectivity index (χ0v) is 17.1. The number of ether oxygens (including phenoxy) is 1. The van der Waals surface area contributed by atoms with Crippen molar-refractivity contribution in [3.63, 3.8) is 0 Å². The number of benzene rings is 1. The fraction of sp³-hybridized carbons (Fsp3) is 0.286. The van der Waals surface area contributed by atoms with Crippen molar-refractivity contribution < 1.29 is 26.4 Å². The Labute approximate surface area is 175 Å². The number of hydrogen-bond donors (Lipinski definition) is 0.